The minimum Gasteiger partial charge on any atom is -0.355 e. The molecule has 100 valence electrons. The van der Waals surface area contributed by atoms with Gasteiger partial charge in [-0.15, -0.1) is 0 Å². The van der Waals surface area contributed by atoms with Crippen molar-refractivity contribution in [3.8, 4) is 0 Å². The summed E-state index contributed by atoms with van der Waals surface area (Å²) in [5.41, 5.74) is 1.26. The molecule has 3 heteroatoms. The first-order valence-electron chi connectivity index (χ1n) is 6.61. The maximum Gasteiger partial charge on any atom is 0.224 e. The number of hydrogen-bond donors (Lipinski definition) is 2. The third kappa shape index (κ3) is 4.88. The van der Waals surface area contributed by atoms with Gasteiger partial charge >= 0.3 is 0 Å². The second kappa shape index (κ2) is 7.88. The lowest BCUT2D eigenvalue weighted by atomic mass is 9.95. The van der Waals surface area contributed by atoms with E-state index >= 15 is 0 Å². The molecule has 1 aromatic rings. The molecule has 1 atom stereocenters. The normalized spacial score (nSPS) is 12.4. The van der Waals surface area contributed by atoms with E-state index in [1.807, 2.05) is 25.2 Å². The molecule has 0 fully saturated rings. The van der Waals surface area contributed by atoms with Crippen LogP contribution in [0, 0.1) is 11.8 Å². The molecule has 1 rings (SSSR count). The van der Waals surface area contributed by atoms with Crippen molar-refractivity contribution in [2.75, 3.05) is 20.1 Å². The molecule has 2 N–H and O–H groups in total. The average Bonchev–Trinajstić information content (AvgIpc) is 2.36. The van der Waals surface area contributed by atoms with Crippen molar-refractivity contribution in [1.82, 2.24) is 10.6 Å². The number of carbonyl (C=O) groups excluding carboxylic acids is 1. The van der Waals surface area contributed by atoms with Crippen LogP contribution in [0.25, 0.3) is 0 Å². The fourth-order valence-corrected chi connectivity index (χ4v) is 1.96. The first-order chi connectivity index (χ1) is 8.65. The molecule has 0 saturated carbocycles. The van der Waals surface area contributed by atoms with E-state index in [0.29, 0.717) is 12.5 Å². The Morgan fingerprint density at radius 3 is 2.44 bits per heavy atom. The summed E-state index contributed by atoms with van der Waals surface area (Å²) in [5.74, 6) is 0.551. The molecule has 3 nitrogen and oxygen atoms in total. The Hall–Kier alpha value is -1.35. The van der Waals surface area contributed by atoms with Gasteiger partial charge in [-0.05, 0) is 24.9 Å². The number of carbonyl (C=O) groups is 1. The van der Waals surface area contributed by atoms with Gasteiger partial charge in [0, 0.05) is 13.1 Å². The summed E-state index contributed by atoms with van der Waals surface area (Å²) in [6.07, 6.45) is 0.886. The molecule has 0 saturated heterocycles. The van der Waals surface area contributed by atoms with Crippen molar-refractivity contribution in [2.24, 2.45) is 11.8 Å². The van der Waals surface area contributed by atoms with E-state index in [1.165, 1.54) is 5.56 Å². The number of amides is 1. The summed E-state index contributed by atoms with van der Waals surface area (Å²) in [7, 11) is 1.88. The molecule has 0 aliphatic heterocycles. The van der Waals surface area contributed by atoms with E-state index in [1.54, 1.807) is 0 Å². The second-order valence-electron chi connectivity index (χ2n) is 4.93. The minimum absolute atomic E-state index is 0.0470. The van der Waals surface area contributed by atoms with Crippen molar-refractivity contribution in [3.05, 3.63) is 35.9 Å². The van der Waals surface area contributed by atoms with E-state index in [2.05, 4.69) is 36.6 Å². The van der Waals surface area contributed by atoms with Crippen LogP contribution in [0.3, 0.4) is 0 Å². The SMILES string of the molecule is CNCC(C(=O)NCCc1ccccc1)C(C)C. The summed E-state index contributed by atoms with van der Waals surface area (Å²) in [6.45, 7) is 5.60. The van der Waals surface area contributed by atoms with Gasteiger partial charge in [-0.2, -0.15) is 0 Å². The van der Waals surface area contributed by atoms with E-state index in [4.69, 9.17) is 0 Å². The van der Waals surface area contributed by atoms with Gasteiger partial charge in [0.15, 0.2) is 0 Å². The zero-order valence-electron chi connectivity index (χ0n) is 11.6. The van der Waals surface area contributed by atoms with Crippen LogP contribution in [-0.2, 0) is 11.2 Å². The van der Waals surface area contributed by atoms with Crippen LogP contribution in [0.5, 0.6) is 0 Å². The molecule has 0 spiro atoms. The Balaban J connectivity index is 2.36. The Bertz CT molecular complexity index is 349. The summed E-state index contributed by atoms with van der Waals surface area (Å²) >= 11 is 0. The first-order valence-corrected chi connectivity index (χ1v) is 6.61. The van der Waals surface area contributed by atoms with E-state index in [0.717, 1.165) is 13.0 Å². The smallest absolute Gasteiger partial charge is 0.224 e. The lowest BCUT2D eigenvalue weighted by molar-refractivity contribution is -0.126. The summed E-state index contributed by atoms with van der Waals surface area (Å²) in [5, 5.41) is 6.10. The Kier molecular flexibility index (Phi) is 6.44. The second-order valence-corrected chi connectivity index (χ2v) is 4.93. The fourth-order valence-electron chi connectivity index (χ4n) is 1.96. The molecule has 0 aliphatic carbocycles. The van der Waals surface area contributed by atoms with Crippen LogP contribution < -0.4 is 10.6 Å². The van der Waals surface area contributed by atoms with E-state index in [-0.39, 0.29) is 11.8 Å². The van der Waals surface area contributed by atoms with Crippen LogP contribution in [0.2, 0.25) is 0 Å². The van der Waals surface area contributed by atoms with Crippen molar-refractivity contribution in [3.63, 3.8) is 0 Å². The number of hydrogen-bond acceptors (Lipinski definition) is 2. The van der Waals surface area contributed by atoms with Gasteiger partial charge in [-0.1, -0.05) is 44.2 Å². The number of benzene rings is 1. The van der Waals surface area contributed by atoms with Crippen molar-refractivity contribution in [2.45, 2.75) is 20.3 Å². The average molecular weight is 248 g/mol. The highest BCUT2D eigenvalue weighted by atomic mass is 16.1. The molecule has 1 unspecified atom stereocenters. The highest BCUT2D eigenvalue weighted by Crippen LogP contribution is 2.09. The predicted molar refractivity (Wildman–Crippen MR) is 75.4 cm³/mol. The van der Waals surface area contributed by atoms with E-state index in [9.17, 15) is 4.79 Å². The fraction of sp³-hybridized carbons (Fsp3) is 0.533. The lowest BCUT2D eigenvalue weighted by Crippen LogP contribution is -2.39. The predicted octanol–water partition coefficient (Wildman–Crippen LogP) is 1.84. The monoisotopic (exact) mass is 248 g/mol. The molecule has 18 heavy (non-hydrogen) atoms. The molecule has 0 heterocycles. The third-order valence-electron chi connectivity index (χ3n) is 3.12. The van der Waals surface area contributed by atoms with Crippen LogP contribution in [0.4, 0.5) is 0 Å². The minimum atomic E-state index is 0.0470. The van der Waals surface area contributed by atoms with E-state index < -0.39 is 0 Å². The van der Waals surface area contributed by atoms with Crippen molar-refractivity contribution in [1.29, 1.82) is 0 Å². The Morgan fingerprint density at radius 2 is 1.89 bits per heavy atom. The Morgan fingerprint density at radius 1 is 1.22 bits per heavy atom. The topological polar surface area (TPSA) is 41.1 Å². The van der Waals surface area contributed by atoms with Gasteiger partial charge in [-0.25, -0.2) is 0 Å². The van der Waals surface area contributed by atoms with Crippen LogP contribution in [0.15, 0.2) is 30.3 Å². The van der Waals surface area contributed by atoms with Crippen LogP contribution in [-0.4, -0.2) is 26.0 Å². The van der Waals surface area contributed by atoms with Gasteiger partial charge in [-0.3, -0.25) is 4.79 Å². The van der Waals surface area contributed by atoms with Crippen LogP contribution >= 0.6 is 0 Å². The van der Waals surface area contributed by atoms with Gasteiger partial charge in [0.2, 0.25) is 5.91 Å². The lowest BCUT2D eigenvalue weighted by Gasteiger charge is -2.19. The molecule has 0 aliphatic rings. The summed E-state index contributed by atoms with van der Waals surface area (Å²) in [4.78, 5) is 12.0. The molecule has 0 aromatic heterocycles. The summed E-state index contributed by atoms with van der Waals surface area (Å²) in [6, 6.07) is 10.2. The molecule has 1 aromatic carbocycles. The van der Waals surface area contributed by atoms with Crippen LogP contribution in [0.1, 0.15) is 19.4 Å². The molecule has 0 radical (unpaired) electrons. The molecule has 1 amide bonds. The molecular weight excluding hydrogens is 224 g/mol. The van der Waals surface area contributed by atoms with Gasteiger partial charge < -0.3 is 10.6 Å². The zero-order chi connectivity index (χ0) is 13.4. The maximum atomic E-state index is 12.0. The van der Waals surface area contributed by atoms with Gasteiger partial charge in [0.05, 0.1) is 5.92 Å². The number of rotatable bonds is 7. The third-order valence-corrected chi connectivity index (χ3v) is 3.12. The number of nitrogens with one attached hydrogen (secondary N) is 2. The van der Waals surface area contributed by atoms with Gasteiger partial charge in [0.25, 0.3) is 0 Å². The maximum absolute atomic E-state index is 12.0. The van der Waals surface area contributed by atoms with Gasteiger partial charge in [0.1, 0.15) is 0 Å². The largest absolute Gasteiger partial charge is 0.355 e. The first kappa shape index (κ1) is 14.7. The van der Waals surface area contributed by atoms with Crippen molar-refractivity contribution >= 4 is 5.91 Å². The Labute approximate surface area is 110 Å². The highest BCUT2D eigenvalue weighted by Gasteiger charge is 2.20. The molecule has 0 bridgehead atoms. The zero-order valence-corrected chi connectivity index (χ0v) is 11.6. The molecular formula is C15H24N2O. The highest BCUT2D eigenvalue weighted by molar-refractivity contribution is 5.79. The van der Waals surface area contributed by atoms with Crippen molar-refractivity contribution < 1.29 is 4.79 Å². The standard InChI is InChI=1S/C15H24N2O/c1-12(2)14(11-16-3)15(18)17-10-9-13-7-5-4-6-8-13/h4-8,12,14,16H,9-11H2,1-3H3,(H,17,18). The summed E-state index contributed by atoms with van der Waals surface area (Å²) < 4.78 is 0. The quantitative estimate of drug-likeness (QED) is 0.773.